The monoisotopic (exact) mass is 442 g/mol. The molecule has 0 saturated carbocycles. The number of hydrogen-bond acceptors (Lipinski definition) is 3. The first-order chi connectivity index (χ1) is 16.2. The van der Waals surface area contributed by atoms with Crippen LogP contribution in [-0.4, -0.2) is 48.5 Å². The van der Waals surface area contributed by atoms with E-state index in [1.807, 2.05) is 41.3 Å². The summed E-state index contributed by atoms with van der Waals surface area (Å²) in [6.07, 6.45) is 0.946. The Morgan fingerprint density at radius 2 is 1.39 bits per heavy atom. The van der Waals surface area contributed by atoms with Gasteiger partial charge in [-0.25, -0.2) is 0 Å². The number of carbonyl (C=O) groups excluding carboxylic acids is 1. The highest BCUT2D eigenvalue weighted by atomic mass is 16.5. The molecule has 1 saturated heterocycles. The quantitative estimate of drug-likeness (QED) is 0.465. The first-order valence-corrected chi connectivity index (χ1v) is 11.9. The predicted octanol–water partition coefficient (Wildman–Crippen LogP) is 5.04. The summed E-state index contributed by atoms with van der Waals surface area (Å²) in [6, 6.07) is 28.9. The third-order valence-corrected chi connectivity index (χ3v) is 6.21. The number of benzene rings is 3. The van der Waals surface area contributed by atoms with Gasteiger partial charge in [0, 0.05) is 44.9 Å². The lowest BCUT2D eigenvalue weighted by molar-refractivity contribution is 0.0628. The Labute approximate surface area is 197 Å². The van der Waals surface area contributed by atoms with Crippen molar-refractivity contribution in [2.45, 2.75) is 26.5 Å². The molecule has 1 unspecified atom stereocenters. The fraction of sp³-hybridized carbons (Fsp3) is 0.345. The average Bonchev–Trinajstić information content (AvgIpc) is 2.86. The van der Waals surface area contributed by atoms with Crippen LogP contribution < -0.4 is 0 Å². The Morgan fingerprint density at radius 3 is 2.03 bits per heavy atom. The second kappa shape index (κ2) is 11.8. The zero-order valence-electron chi connectivity index (χ0n) is 19.5. The van der Waals surface area contributed by atoms with Crippen LogP contribution in [-0.2, 0) is 24.3 Å². The second-order valence-electron chi connectivity index (χ2n) is 9.06. The SMILES string of the molecule is CC(COCc1ccccc1)Cc1ccc(C(=O)N2CCN(Cc3ccccc3)CC2)cc1. The van der Waals surface area contributed by atoms with E-state index >= 15 is 0 Å². The van der Waals surface area contributed by atoms with Crippen LogP contribution in [0.4, 0.5) is 0 Å². The molecule has 1 aliphatic rings. The minimum Gasteiger partial charge on any atom is -0.376 e. The fourth-order valence-electron chi connectivity index (χ4n) is 4.33. The topological polar surface area (TPSA) is 32.8 Å². The summed E-state index contributed by atoms with van der Waals surface area (Å²) in [5.74, 6) is 0.563. The van der Waals surface area contributed by atoms with E-state index in [2.05, 4.69) is 60.4 Å². The van der Waals surface area contributed by atoms with Gasteiger partial charge in [-0.15, -0.1) is 0 Å². The van der Waals surface area contributed by atoms with Gasteiger partial charge in [0.05, 0.1) is 6.61 Å². The minimum atomic E-state index is 0.139. The Balaban J connectivity index is 1.20. The maximum atomic E-state index is 13.0. The molecule has 33 heavy (non-hydrogen) atoms. The molecule has 1 heterocycles. The number of ether oxygens (including phenoxy) is 1. The molecule has 1 atom stereocenters. The smallest absolute Gasteiger partial charge is 0.253 e. The molecule has 172 valence electrons. The number of hydrogen-bond donors (Lipinski definition) is 0. The van der Waals surface area contributed by atoms with Gasteiger partial charge in [-0.05, 0) is 41.2 Å². The highest BCUT2D eigenvalue weighted by Crippen LogP contribution is 2.15. The summed E-state index contributed by atoms with van der Waals surface area (Å²) in [5.41, 5.74) is 4.55. The summed E-state index contributed by atoms with van der Waals surface area (Å²) in [6.45, 7) is 7.93. The van der Waals surface area contributed by atoms with Crippen LogP contribution in [0.5, 0.6) is 0 Å². The van der Waals surface area contributed by atoms with E-state index in [9.17, 15) is 4.79 Å². The summed E-state index contributed by atoms with van der Waals surface area (Å²) in [5, 5.41) is 0. The van der Waals surface area contributed by atoms with Crippen LogP contribution in [0, 0.1) is 5.92 Å². The number of piperazine rings is 1. The van der Waals surface area contributed by atoms with Crippen LogP contribution in [0.1, 0.15) is 34.0 Å². The van der Waals surface area contributed by atoms with Crippen molar-refractivity contribution in [1.82, 2.24) is 9.80 Å². The highest BCUT2D eigenvalue weighted by Gasteiger charge is 2.22. The number of rotatable bonds is 9. The Bertz CT molecular complexity index is 981. The summed E-state index contributed by atoms with van der Waals surface area (Å²) in [7, 11) is 0. The van der Waals surface area contributed by atoms with E-state index in [-0.39, 0.29) is 5.91 Å². The van der Waals surface area contributed by atoms with Crippen LogP contribution in [0.25, 0.3) is 0 Å². The van der Waals surface area contributed by atoms with Crippen LogP contribution >= 0.6 is 0 Å². The zero-order chi connectivity index (χ0) is 22.9. The predicted molar refractivity (Wildman–Crippen MR) is 133 cm³/mol. The molecule has 0 N–H and O–H groups in total. The van der Waals surface area contributed by atoms with Crippen LogP contribution in [0.15, 0.2) is 84.9 Å². The highest BCUT2D eigenvalue weighted by molar-refractivity contribution is 5.94. The average molecular weight is 443 g/mol. The van der Waals surface area contributed by atoms with Gasteiger partial charge < -0.3 is 9.64 Å². The van der Waals surface area contributed by atoms with Crippen LogP contribution in [0.2, 0.25) is 0 Å². The van der Waals surface area contributed by atoms with Crippen molar-refractivity contribution in [2.75, 3.05) is 32.8 Å². The molecule has 0 radical (unpaired) electrons. The number of carbonyl (C=O) groups is 1. The molecular formula is C29H34N2O2. The van der Waals surface area contributed by atoms with Crippen molar-refractivity contribution in [3.63, 3.8) is 0 Å². The Kier molecular flexibility index (Phi) is 8.29. The molecule has 3 aromatic carbocycles. The van der Waals surface area contributed by atoms with E-state index in [1.165, 1.54) is 16.7 Å². The van der Waals surface area contributed by atoms with E-state index in [4.69, 9.17) is 4.74 Å². The minimum absolute atomic E-state index is 0.139. The second-order valence-corrected chi connectivity index (χ2v) is 9.06. The zero-order valence-corrected chi connectivity index (χ0v) is 19.5. The standard InChI is InChI=1S/C29H34N2O2/c1-24(22-33-23-27-10-6-3-7-11-27)20-25-12-14-28(15-13-25)29(32)31-18-16-30(17-19-31)21-26-8-4-2-5-9-26/h2-15,24H,16-23H2,1H3. The molecule has 3 aromatic rings. The first kappa shape index (κ1) is 23.2. The van der Waals surface area contributed by atoms with Gasteiger partial charge in [-0.3, -0.25) is 9.69 Å². The van der Waals surface area contributed by atoms with Crippen LogP contribution in [0.3, 0.4) is 0 Å². The first-order valence-electron chi connectivity index (χ1n) is 11.9. The molecule has 0 aliphatic carbocycles. The largest absolute Gasteiger partial charge is 0.376 e. The van der Waals surface area contributed by atoms with Gasteiger partial charge in [0.15, 0.2) is 0 Å². The van der Waals surface area contributed by atoms with Crippen molar-refractivity contribution in [2.24, 2.45) is 5.92 Å². The van der Waals surface area contributed by atoms with E-state index in [0.717, 1.165) is 51.3 Å². The van der Waals surface area contributed by atoms with E-state index < -0.39 is 0 Å². The van der Waals surface area contributed by atoms with Gasteiger partial charge in [0.1, 0.15) is 0 Å². The maximum absolute atomic E-state index is 13.0. The molecule has 0 aromatic heterocycles. The Morgan fingerprint density at radius 1 is 0.788 bits per heavy atom. The van der Waals surface area contributed by atoms with Crippen molar-refractivity contribution in [3.05, 3.63) is 107 Å². The third-order valence-electron chi connectivity index (χ3n) is 6.21. The van der Waals surface area contributed by atoms with E-state index in [1.54, 1.807) is 0 Å². The normalized spacial score (nSPS) is 15.4. The molecule has 0 bridgehead atoms. The molecule has 4 heteroatoms. The van der Waals surface area contributed by atoms with E-state index in [0.29, 0.717) is 12.5 Å². The van der Waals surface area contributed by atoms with Gasteiger partial charge in [-0.1, -0.05) is 79.7 Å². The fourth-order valence-corrected chi connectivity index (χ4v) is 4.33. The lowest BCUT2D eigenvalue weighted by Crippen LogP contribution is -2.48. The van der Waals surface area contributed by atoms with Gasteiger partial charge in [0.25, 0.3) is 5.91 Å². The molecular weight excluding hydrogens is 408 g/mol. The third kappa shape index (κ3) is 7.01. The molecule has 4 nitrogen and oxygen atoms in total. The van der Waals surface area contributed by atoms with Gasteiger partial charge in [0.2, 0.25) is 0 Å². The maximum Gasteiger partial charge on any atom is 0.253 e. The molecule has 4 rings (SSSR count). The van der Waals surface area contributed by atoms with Crippen molar-refractivity contribution in [3.8, 4) is 0 Å². The molecule has 1 amide bonds. The molecule has 1 aliphatic heterocycles. The molecule has 1 fully saturated rings. The van der Waals surface area contributed by atoms with Gasteiger partial charge >= 0.3 is 0 Å². The number of nitrogens with zero attached hydrogens (tertiary/aromatic N) is 2. The van der Waals surface area contributed by atoms with Crippen molar-refractivity contribution >= 4 is 5.91 Å². The summed E-state index contributed by atoms with van der Waals surface area (Å²) < 4.78 is 5.88. The number of amides is 1. The summed E-state index contributed by atoms with van der Waals surface area (Å²) in [4.78, 5) is 17.4. The summed E-state index contributed by atoms with van der Waals surface area (Å²) >= 11 is 0. The Hall–Kier alpha value is -2.95. The molecule has 0 spiro atoms. The van der Waals surface area contributed by atoms with Crippen molar-refractivity contribution in [1.29, 1.82) is 0 Å². The lowest BCUT2D eigenvalue weighted by atomic mass is 10.0. The van der Waals surface area contributed by atoms with Gasteiger partial charge in [-0.2, -0.15) is 0 Å². The lowest BCUT2D eigenvalue weighted by Gasteiger charge is -2.34. The van der Waals surface area contributed by atoms with Crippen molar-refractivity contribution < 1.29 is 9.53 Å².